The van der Waals surface area contributed by atoms with Crippen LogP contribution in [0.5, 0.6) is 0 Å². The van der Waals surface area contributed by atoms with Crippen molar-refractivity contribution in [3.05, 3.63) is 52.2 Å². The third-order valence-electron chi connectivity index (χ3n) is 2.39. The number of nitrogens with zero attached hydrogens (tertiary/aromatic N) is 1. The molecular weight excluding hydrogens is 230 g/mol. The molecule has 0 spiro atoms. The molecule has 0 unspecified atom stereocenters. The van der Waals surface area contributed by atoms with Crippen molar-refractivity contribution in [2.75, 3.05) is 6.54 Å². The van der Waals surface area contributed by atoms with Crippen LogP contribution in [0.15, 0.2) is 46.8 Å². The maximum atomic E-state index is 5.91. The molecule has 1 heterocycles. The second kappa shape index (κ2) is 5.61. The van der Waals surface area contributed by atoms with E-state index in [1.165, 1.54) is 5.56 Å². The summed E-state index contributed by atoms with van der Waals surface area (Å²) in [5, 5.41) is 1.99. The standard InChI is InChI=1S/C13H15N3S/c14-8-7-10-3-5-11(6-4-10)16-13(15)12-2-1-9-17-12/h1-6,9H,7-8,14H2,(H2,15,16). The third-order valence-corrected chi connectivity index (χ3v) is 3.28. The highest BCUT2D eigenvalue weighted by Gasteiger charge is 1.99. The Hall–Kier alpha value is -1.65. The molecule has 2 rings (SSSR count). The van der Waals surface area contributed by atoms with Gasteiger partial charge in [-0.25, -0.2) is 4.99 Å². The van der Waals surface area contributed by atoms with Crippen LogP contribution in [-0.4, -0.2) is 12.4 Å². The van der Waals surface area contributed by atoms with Crippen LogP contribution in [0.2, 0.25) is 0 Å². The quantitative estimate of drug-likeness (QED) is 0.641. The summed E-state index contributed by atoms with van der Waals surface area (Å²) in [5.74, 6) is 0.562. The Morgan fingerprint density at radius 1 is 1.18 bits per heavy atom. The molecule has 4 heteroatoms. The summed E-state index contributed by atoms with van der Waals surface area (Å²) in [6.45, 7) is 0.667. The number of rotatable bonds is 4. The average molecular weight is 245 g/mol. The molecule has 0 radical (unpaired) electrons. The first-order valence-electron chi connectivity index (χ1n) is 5.46. The SMILES string of the molecule is NCCc1ccc(/N=C(\N)c2cccs2)cc1. The van der Waals surface area contributed by atoms with Crippen LogP contribution >= 0.6 is 11.3 Å². The summed E-state index contributed by atoms with van der Waals surface area (Å²) >= 11 is 1.59. The molecule has 3 nitrogen and oxygen atoms in total. The fraction of sp³-hybridized carbons (Fsp3) is 0.154. The molecule has 0 bridgehead atoms. The molecule has 1 aromatic heterocycles. The number of benzene rings is 1. The van der Waals surface area contributed by atoms with Crippen LogP contribution in [0.4, 0.5) is 5.69 Å². The predicted octanol–water partition coefficient (Wildman–Crippen LogP) is 2.29. The zero-order chi connectivity index (χ0) is 12.1. The van der Waals surface area contributed by atoms with Gasteiger partial charge in [-0.15, -0.1) is 11.3 Å². The molecule has 4 N–H and O–H groups in total. The van der Waals surface area contributed by atoms with Crippen molar-refractivity contribution < 1.29 is 0 Å². The van der Waals surface area contributed by atoms with Crippen molar-refractivity contribution in [1.29, 1.82) is 0 Å². The monoisotopic (exact) mass is 245 g/mol. The van der Waals surface area contributed by atoms with Gasteiger partial charge in [0.05, 0.1) is 10.6 Å². The van der Waals surface area contributed by atoms with E-state index in [1.807, 2.05) is 41.8 Å². The van der Waals surface area contributed by atoms with Gasteiger partial charge in [-0.3, -0.25) is 0 Å². The van der Waals surface area contributed by atoms with E-state index >= 15 is 0 Å². The van der Waals surface area contributed by atoms with Gasteiger partial charge < -0.3 is 11.5 Å². The van der Waals surface area contributed by atoms with Crippen LogP contribution in [0, 0.1) is 0 Å². The molecule has 0 aliphatic rings. The first-order chi connectivity index (χ1) is 8.29. The molecule has 88 valence electrons. The van der Waals surface area contributed by atoms with Crippen molar-refractivity contribution in [1.82, 2.24) is 0 Å². The van der Waals surface area contributed by atoms with Gasteiger partial charge in [0.15, 0.2) is 0 Å². The van der Waals surface area contributed by atoms with E-state index in [4.69, 9.17) is 11.5 Å². The Bertz CT molecular complexity index is 486. The minimum absolute atomic E-state index is 0.562. The fourth-order valence-corrected chi connectivity index (χ4v) is 2.15. The molecule has 0 saturated heterocycles. The molecule has 17 heavy (non-hydrogen) atoms. The largest absolute Gasteiger partial charge is 0.383 e. The molecular formula is C13H15N3S. The fourth-order valence-electron chi connectivity index (χ4n) is 1.52. The third kappa shape index (κ3) is 3.15. The Kier molecular flexibility index (Phi) is 3.90. The Morgan fingerprint density at radius 3 is 2.53 bits per heavy atom. The van der Waals surface area contributed by atoms with Gasteiger partial charge in [-0.1, -0.05) is 18.2 Å². The lowest BCUT2D eigenvalue weighted by molar-refractivity contribution is 0.969. The molecule has 0 atom stereocenters. The molecule has 2 aromatic rings. The summed E-state index contributed by atoms with van der Waals surface area (Å²) in [6, 6.07) is 11.9. The van der Waals surface area contributed by atoms with Gasteiger partial charge in [0.25, 0.3) is 0 Å². The summed E-state index contributed by atoms with van der Waals surface area (Å²) in [7, 11) is 0. The zero-order valence-electron chi connectivity index (χ0n) is 9.47. The van der Waals surface area contributed by atoms with Gasteiger partial charge >= 0.3 is 0 Å². The summed E-state index contributed by atoms with van der Waals surface area (Å²) in [5.41, 5.74) is 13.5. The highest BCUT2D eigenvalue weighted by Crippen LogP contribution is 2.16. The van der Waals surface area contributed by atoms with Gasteiger partial charge in [0, 0.05) is 0 Å². The second-order valence-corrected chi connectivity index (χ2v) is 4.63. The van der Waals surface area contributed by atoms with Crippen LogP contribution < -0.4 is 11.5 Å². The summed E-state index contributed by atoms with van der Waals surface area (Å²) < 4.78 is 0. The maximum absolute atomic E-state index is 5.91. The van der Waals surface area contributed by atoms with Crippen LogP contribution in [0.3, 0.4) is 0 Å². The molecule has 0 fully saturated rings. The zero-order valence-corrected chi connectivity index (χ0v) is 10.3. The number of nitrogens with two attached hydrogens (primary N) is 2. The van der Waals surface area contributed by atoms with E-state index < -0.39 is 0 Å². The normalized spacial score (nSPS) is 11.7. The van der Waals surface area contributed by atoms with Crippen molar-refractivity contribution >= 4 is 22.9 Å². The molecule has 0 aliphatic heterocycles. The highest BCUT2D eigenvalue weighted by atomic mass is 32.1. The van der Waals surface area contributed by atoms with Crippen molar-refractivity contribution in [3.63, 3.8) is 0 Å². The van der Waals surface area contributed by atoms with Gasteiger partial charge in [-0.2, -0.15) is 0 Å². The van der Waals surface area contributed by atoms with Gasteiger partial charge in [0.1, 0.15) is 5.84 Å². The topological polar surface area (TPSA) is 64.4 Å². The van der Waals surface area contributed by atoms with Crippen molar-refractivity contribution in [3.8, 4) is 0 Å². The molecule has 0 amide bonds. The van der Waals surface area contributed by atoms with E-state index in [0.29, 0.717) is 12.4 Å². The van der Waals surface area contributed by atoms with E-state index in [2.05, 4.69) is 4.99 Å². The first-order valence-corrected chi connectivity index (χ1v) is 6.34. The van der Waals surface area contributed by atoms with E-state index in [-0.39, 0.29) is 0 Å². The second-order valence-electron chi connectivity index (χ2n) is 3.68. The molecule has 1 aromatic carbocycles. The Balaban J connectivity index is 2.15. The minimum Gasteiger partial charge on any atom is -0.383 e. The van der Waals surface area contributed by atoms with E-state index in [1.54, 1.807) is 11.3 Å². The van der Waals surface area contributed by atoms with Crippen LogP contribution in [0.25, 0.3) is 0 Å². The van der Waals surface area contributed by atoms with Crippen molar-refractivity contribution in [2.45, 2.75) is 6.42 Å². The van der Waals surface area contributed by atoms with E-state index in [0.717, 1.165) is 17.0 Å². The van der Waals surface area contributed by atoms with E-state index in [9.17, 15) is 0 Å². The van der Waals surface area contributed by atoms with Crippen LogP contribution in [0.1, 0.15) is 10.4 Å². The lowest BCUT2D eigenvalue weighted by Crippen LogP contribution is -2.10. The number of amidine groups is 1. The lowest BCUT2D eigenvalue weighted by Gasteiger charge is -2.00. The lowest BCUT2D eigenvalue weighted by atomic mass is 10.1. The maximum Gasteiger partial charge on any atom is 0.141 e. The summed E-state index contributed by atoms with van der Waals surface area (Å²) in [4.78, 5) is 5.37. The minimum atomic E-state index is 0.562. The number of hydrogen-bond acceptors (Lipinski definition) is 3. The molecule has 0 aliphatic carbocycles. The summed E-state index contributed by atoms with van der Waals surface area (Å²) in [6.07, 6.45) is 0.893. The predicted molar refractivity (Wildman–Crippen MR) is 73.9 cm³/mol. The number of aliphatic imine (C=N–C) groups is 1. The van der Waals surface area contributed by atoms with Gasteiger partial charge in [0.2, 0.25) is 0 Å². The Labute approximate surface area is 105 Å². The number of thiophene rings is 1. The molecule has 0 saturated carbocycles. The van der Waals surface area contributed by atoms with Gasteiger partial charge in [-0.05, 0) is 42.1 Å². The Morgan fingerprint density at radius 2 is 1.94 bits per heavy atom. The number of hydrogen-bond donors (Lipinski definition) is 2. The van der Waals surface area contributed by atoms with Crippen molar-refractivity contribution in [2.24, 2.45) is 16.5 Å². The smallest absolute Gasteiger partial charge is 0.141 e. The van der Waals surface area contributed by atoms with Crippen LogP contribution in [-0.2, 0) is 6.42 Å². The first kappa shape index (κ1) is 11.8. The highest BCUT2D eigenvalue weighted by molar-refractivity contribution is 7.12. The average Bonchev–Trinajstić information content (AvgIpc) is 2.86.